The Labute approximate surface area is 94.3 Å². The molecule has 16 heavy (non-hydrogen) atoms. The summed E-state index contributed by atoms with van der Waals surface area (Å²) in [6, 6.07) is 5.10. The van der Waals surface area contributed by atoms with Gasteiger partial charge in [0.25, 0.3) is 5.56 Å². The highest BCUT2D eigenvalue weighted by molar-refractivity contribution is 5.76. The molecular formula is C12H16N2O2. The van der Waals surface area contributed by atoms with E-state index >= 15 is 0 Å². The standard InChI is InChI=1S/C12H16N2O2/c1-9(10-5-6-10)13-11(15)8-14-7-3-2-4-12(14)16/h2-4,7,9-10H,5-6,8H2,1H3,(H,13,15). The summed E-state index contributed by atoms with van der Waals surface area (Å²) >= 11 is 0. The molecule has 1 saturated carbocycles. The number of pyridine rings is 1. The lowest BCUT2D eigenvalue weighted by molar-refractivity contribution is -0.122. The van der Waals surface area contributed by atoms with Crippen molar-refractivity contribution in [2.75, 3.05) is 0 Å². The van der Waals surface area contributed by atoms with E-state index in [2.05, 4.69) is 5.32 Å². The third-order valence-electron chi connectivity index (χ3n) is 2.93. The number of hydrogen-bond acceptors (Lipinski definition) is 2. The molecule has 0 radical (unpaired) electrons. The predicted octanol–water partition coefficient (Wildman–Crippen LogP) is 0.763. The van der Waals surface area contributed by atoms with Crippen molar-refractivity contribution >= 4 is 5.91 Å². The lowest BCUT2D eigenvalue weighted by Crippen LogP contribution is -2.38. The van der Waals surface area contributed by atoms with Crippen molar-refractivity contribution in [2.24, 2.45) is 5.92 Å². The lowest BCUT2D eigenvalue weighted by Gasteiger charge is -2.13. The van der Waals surface area contributed by atoms with Gasteiger partial charge in [0.1, 0.15) is 6.54 Å². The van der Waals surface area contributed by atoms with Gasteiger partial charge < -0.3 is 9.88 Å². The Morgan fingerprint density at radius 3 is 2.94 bits per heavy atom. The zero-order valence-corrected chi connectivity index (χ0v) is 9.35. The monoisotopic (exact) mass is 220 g/mol. The van der Waals surface area contributed by atoms with Gasteiger partial charge in [-0.1, -0.05) is 6.07 Å². The fraction of sp³-hybridized carbons (Fsp3) is 0.500. The van der Waals surface area contributed by atoms with Crippen LogP contribution in [0.5, 0.6) is 0 Å². The molecule has 1 fully saturated rings. The average molecular weight is 220 g/mol. The van der Waals surface area contributed by atoms with Crippen LogP contribution in [0.4, 0.5) is 0 Å². The second kappa shape index (κ2) is 4.51. The summed E-state index contributed by atoms with van der Waals surface area (Å²) in [6.45, 7) is 2.13. The number of hydrogen-bond donors (Lipinski definition) is 1. The van der Waals surface area contributed by atoms with Crippen molar-refractivity contribution in [3.05, 3.63) is 34.7 Å². The SMILES string of the molecule is CC(NC(=O)Cn1ccccc1=O)C1CC1. The minimum Gasteiger partial charge on any atom is -0.352 e. The van der Waals surface area contributed by atoms with Crippen LogP contribution < -0.4 is 10.9 Å². The Bertz CT molecular complexity index is 435. The summed E-state index contributed by atoms with van der Waals surface area (Å²) in [5.41, 5.74) is -0.142. The first-order valence-electron chi connectivity index (χ1n) is 5.61. The van der Waals surface area contributed by atoms with Crippen LogP contribution in [0.15, 0.2) is 29.2 Å². The molecule has 1 amide bonds. The maximum absolute atomic E-state index is 11.6. The van der Waals surface area contributed by atoms with Crippen molar-refractivity contribution in [2.45, 2.75) is 32.4 Å². The minimum atomic E-state index is -0.142. The fourth-order valence-electron chi connectivity index (χ4n) is 1.76. The van der Waals surface area contributed by atoms with Gasteiger partial charge >= 0.3 is 0 Å². The van der Waals surface area contributed by atoms with Gasteiger partial charge in [-0.2, -0.15) is 0 Å². The minimum absolute atomic E-state index is 0.0901. The number of rotatable bonds is 4. The number of nitrogens with one attached hydrogen (secondary N) is 1. The molecule has 1 atom stereocenters. The molecule has 1 N–H and O–H groups in total. The van der Waals surface area contributed by atoms with Gasteiger partial charge in [0.15, 0.2) is 0 Å². The van der Waals surface area contributed by atoms with Crippen LogP contribution in [0.25, 0.3) is 0 Å². The zero-order chi connectivity index (χ0) is 11.5. The number of carbonyl (C=O) groups is 1. The summed E-state index contributed by atoms with van der Waals surface area (Å²) in [4.78, 5) is 23.0. The topological polar surface area (TPSA) is 51.1 Å². The Balaban J connectivity index is 1.91. The van der Waals surface area contributed by atoms with E-state index in [9.17, 15) is 9.59 Å². The molecule has 1 aromatic rings. The Kier molecular flexibility index (Phi) is 3.08. The van der Waals surface area contributed by atoms with E-state index in [1.807, 2.05) is 6.92 Å². The Morgan fingerprint density at radius 1 is 1.56 bits per heavy atom. The quantitative estimate of drug-likeness (QED) is 0.814. The van der Waals surface area contributed by atoms with Gasteiger partial charge in [-0.05, 0) is 31.7 Å². The molecule has 4 heteroatoms. The average Bonchev–Trinajstić information content (AvgIpc) is 3.04. The van der Waals surface area contributed by atoms with Gasteiger partial charge in [0.2, 0.25) is 5.91 Å². The molecule has 86 valence electrons. The summed E-state index contributed by atoms with van der Waals surface area (Å²) < 4.78 is 1.41. The molecule has 0 bridgehead atoms. The van der Waals surface area contributed by atoms with E-state index < -0.39 is 0 Å². The molecule has 1 unspecified atom stereocenters. The molecule has 0 saturated heterocycles. The molecule has 0 aliphatic heterocycles. The van der Waals surface area contributed by atoms with Crippen LogP contribution in [-0.4, -0.2) is 16.5 Å². The Morgan fingerprint density at radius 2 is 2.31 bits per heavy atom. The molecule has 1 aromatic heterocycles. The summed E-state index contributed by atoms with van der Waals surface area (Å²) in [7, 11) is 0. The van der Waals surface area contributed by atoms with Gasteiger partial charge in [-0.3, -0.25) is 9.59 Å². The molecule has 1 aliphatic carbocycles. The van der Waals surface area contributed by atoms with Crippen LogP contribution in [0.3, 0.4) is 0 Å². The van der Waals surface area contributed by atoms with Crippen LogP contribution in [0.2, 0.25) is 0 Å². The highest BCUT2D eigenvalue weighted by atomic mass is 16.2. The number of amides is 1. The lowest BCUT2D eigenvalue weighted by atomic mass is 10.2. The normalized spacial score (nSPS) is 16.8. The second-order valence-electron chi connectivity index (χ2n) is 4.36. The van der Waals surface area contributed by atoms with Crippen LogP contribution in [0.1, 0.15) is 19.8 Å². The number of aromatic nitrogens is 1. The summed E-state index contributed by atoms with van der Waals surface area (Å²) in [6.07, 6.45) is 4.03. The van der Waals surface area contributed by atoms with E-state index in [0.29, 0.717) is 5.92 Å². The van der Waals surface area contributed by atoms with E-state index in [1.54, 1.807) is 18.3 Å². The van der Waals surface area contributed by atoms with E-state index in [0.717, 1.165) is 0 Å². The van der Waals surface area contributed by atoms with Crippen molar-refractivity contribution in [3.8, 4) is 0 Å². The highest BCUT2D eigenvalue weighted by Crippen LogP contribution is 2.32. The molecule has 2 rings (SSSR count). The van der Waals surface area contributed by atoms with Crippen LogP contribution in [0, 0.1) is 5.92 Å². The summed E-state index contributed by atoms with van der Waals surface area (Å²) in [5, 5.41) is 2.92. The smallest absolute Gasteiger partial charge is 0.250 e. The first kappa shape index (κ1) is 10.9. The van der Waals surface area contributed by atoms with Gasteiger partial charge in [-0.25, -0.2) is 0 Å². The second-order valence-corrected chi connectivity index (χ2v) is 4.36. The third-order valence-corrected chi connectivity index (χ3v) is 2.93. The first-order valence-corrected chi connectivity index (χ1v) is 5.61. The highest BCUT2D eigenvalue weighted by Gasteiger charge is 2.28. The van der Waals surface area contributed by atoms with Gasteiger partial charge in [0.05, 0.1) is 0 Å². The number of nitrogens with zero attached hydrogens (tertiary/aromatic N) is 1. The Hall–Kier alpha value is -1.58. The molecule has 1 heterocycles. The van der Waals surface area contributed by atoms with Crippen LogP contribution >= 0.6 is 0 Å². The summed E-state index contributed by atoms with van der Waals surface area (Å²) in [5.74, 6) is 0.546. The molecule has 4 nitrogen and oxygen atoms in total. The van der Waals surface area contributed by atoms with Gasteiger partial charge in [-0.15, -0.1) is 0 Å². The van der Waals surface area contributed by atoms with E-state index in [4.69, 9.17) is 0 Å². The number of carbonyl (C=O) groups excluding carboxylic acids is 1. The van der Waals surface area contributed by atoms with Crippen molar-refractivity contribution < 1.29 is 4.79 Å². The first-order chi connectivity index (χ1) is 7.66. The maximum atomic E-state index is 11.6. The van der Waals surface area contributed by atoms with Crippen molar-refractivity contribution in [3.63, 3.8) is 0 Å². The largest absolute Gasteiger partial charge is 0.352 e. The third kappa shape index (κ3) is 2.72. The van der Waals surface area contributed by atoms with Crippen molar-refractivity contribution in [1.29, 1.82) is 0 Å². The zero-order valence-electron chi connectivity index (χ0n) is 9.35. The van der Waals surface area contributed by atoms with E-state index in [1.165, 1.54) is 23.5 Å². The molecule has 0 aromatic carbocycles. The maximum Gasteiger partial charge on any atom is 0.250 e. The van der Waals surface area contributed by atoms with Gasteiger partial charge in [0, 0.05) is 18.3 Å². The van der Waals surface area contributed by atoms with Crippen LogP contribution in [-0.2, 0) is 11.3 Å². The molecular weight excluding hydrogens is 204 g/mol. The predicted molar refractivity (Wildman–Crippen MR) is 61.0 cm³/mol. The molecule has 0 spiro atoms. The van der Waals surface area contributed by atoms with Crippen molar-refractivity contribution in [1.82, 2.24) is 9.88 Å². The fourth-order valence-corrected chi connectivity index (χ4v) is 1.76. The van der Waals surface area contributed by atoms with E-state index in [-0.39, 0.29) is 24.1 Å². The molecule has 1 aliphatic rings.